The van der Waals surface area contributed by atoms with Crippen LogP contribution < -0.4 is 0 Å². The Hall–Kier alpha value is -2.48. The van der Waals surface area contributed by atoms with Crippen LogP contribution in [0.1, 0.15) is 41.0 Å². The van der Waals surface area contributed by atoms with Gasteiger partial charge in [-0.15, -0.1) is 0 Å². The van der Waals surface area contributed by atoms with Crippen LogP contribution in [0, 0.1) is 23.2 Å². The summed E-state index contributed by atoms with van der Waals surface area (Å²) < 4.78 is 16.9. The summed E-state index contributed by atoms with van der Waals surface area (Å²) in [4.78, 5) is 50.3. The van der Waals surface area contributed by atoms with Crippen LogP contribution in [-0.2, 0) is 33.4 Å². The molecule has 0 unspecified atom stereocenters. The van der Waals surface area contributed by atoms with Crippen LogP contribution in [0.5, 0.6) is 0 Å². The summed E-state index contributed by atoms with van der Waals surface area (Å²) in [5.41, 5.74) is -1.02. The largest absolute Gasteiger partial charge is 0.458 e. The van der Waals surface area contributed by atoms with E-state index >= 15 is 0 Å². The Kier molecular flexibility index (Phi) is 5.66. The van der Waals surface area contributed by atoms with E-state index in [1.165, 1.54) is 6.92 Å². The maximum atomic E-state index is 13.2. The van der Waals surface area contributed by atoms with E-state index in [9.17, 15) is 24.3 Å². The SMILES string of the molecule is C=C1C(=O)O[C@@H]2[C@@H](C)[C@@H]3C[C@H](O)C(=O)[C@@]3(C)[C@@H](OC(=O)/C(C)=C\C)[C@H]1[C@@H]2OC(C)=O. The van der Waals surface area contributed by atoms with E-state index in [0.717, 1.165) is 0 Å². The van der Waals surface area contributed by atoms with E-state index in [2.05, 4.69) is 6.58 Å². The van der Waals surface area contributed by atoms with E-state index in [1.807, 2.05) is 0 Å². The zero-order chi connectivity index (χ0) is 22.5. The average Bonchev–Trinajstić information content (AvgIpc) is 2.90. The van der Waals surface area contributed by atoms with Crippen LogP contribution in [0.15, 0.2) is 23.8 Å². The van der Waals surface area contributed by atoms with Crippen molar-refractivity contribution in [2.75, 3.05) is 0 Å². The highest BCUT2D eigenvalue weighted by Crippen LogP contribution is 2.57. The number of carbonyl (C=O) groups excluding carboxylic acids is 4. The van der Waals surface area contributed by atoms with Crippen molar-refractivity contribution in [1.82, 2.24) is 0 Å². The highest BCUT2D eigenvalue weighted by Gasteiger charge is 2.68. The molecule has 0 spiro atoms. The molecule has 0 radical (unpaired) electrons. The van der Waals surface area contributed by atoms with Gasteiger partial charge in [0.25, 0.3) is 0 Å². The van der Waals surface area contributed by atoms with Crippen molar-refractivity contribution in [3.8, 4) is 0 Å². The molecule has 1 aliphatic heterocycles. The summed E-state index contributed by atoms with van der Waals surface area (Å²) in [6.45, 7) is 11.7. The van der Waals surface area contributed by atoms with Crippen molar-refractivity contribution in [3.05, 3.63) is 23.8 Å². The highest BCUT2D eigenvalue weighted by atomic mass is 16.6. The van der Waals surface area contributed by atoms with Crippen molar-refractivity contribution in [3.63, 3.8) is 0 Å². The molecule has 1 heterocycles. The van der Waals surface area contributed by atoms with E-state index in [4.69, 9.17) is 14.2 Å². The van der Waals surface area contributed by atoms with Crippen LogP contribution in [0.4, 0.5) is 0 Å². The van der Waals surface area contributed by atoms with Gasteiger partial charge in [-0.3, -0.25) is 9.59 Å². The van der Waals surface area contributed by atoms with Gasteiger partial charge >= 0.3 is 17.9 Å². The third kappa shape index (κ3) is 3.17. The molecular formula is C22H28O8. The molecule has 3 rings (SSSR count). The standard InChI is InChI=1S/C22H28O8/c1-7-9(2)20(26)30-19-15-11(4)21(27)29-16(17(15)28-12(5)23)10(3)13-8-14(24)18(25)22(13,19)6/h7,10,13-17,19,24H,4,8H2,1-3,5-6H3/b9-7-/t10-,13-,14-,15+,16+,17-,19-,22-/m0/s1. The van der Waals surface area contributed by atoms with Crippen LogP contribution >= 0.6 is 0 Å². The number of Topliss-reactive ketones (excluding diaryl/α,β-unsaturated/α-hetero) is 1. The molecule has 0 aromatic rings. The van der Waals surface area contributed by atoms with Gasteiger partial charge in [-0.1, -0.05) is 19.6 Å². The van der Waals surface area contributed by atoms with Crippen LogP contribution in [0.25, 0.3) is 0 Å². The maximum Gasteiger partial charge on any atom is 0.334 e. The van der Waals surface area contributed by atoms with Crippen molar-refractivity contribution in [2.45, 2.75) is 65.5 Å². The number of allylic oxidation sites excluding steroid dienone is 1. The van der Waals surface area contributed by atoms with Gasteiger partial charge in [0, 0.05) is 24.0 Å². The molecule has 3 aliphatic rings. The summed E-state index contributed by atoms with van der Waals surface area (Å²) in [5, 5.41) is 10.4. The molecule has 2 saturated carbocycles. The van der Waals surface area contributed by atoms with E-state index in [-0.39, 0.29) is 12.0 Å². The topological polar surface area (TPSA) is 116 Å². The maximum absolute atomic E-state index is 13.2. The smallest absolute Gasteiger partial charge is 0.334 e. The van der Waals surface area contributed by atoms with Gasteiger partial charge in [0.15, 0.2) is 5.78 Å². The lowest BCUT2D eigenvalue weighted by atomic mass is 9.67. The molecule has 3 fully saturated rings. The van der Waals surface area contributed by atoms with Gasteiger partial charge in [-0.25, -0.2) is 9.59 Å². The number of ether oxygens (including phenoxy) is 3. The molecule has 2 bridgehead atoms. The van der Waals surface area contributed by atoms with Crippen molar-refractivity contribution in [1.29, 1.82) is 0 Å². The Balaban J connectivity index is 2.22. The number of aliphatic hydroxyl groups is 1. The average molecular weight is 420 g/mol. The predicted octanol–water partition coefficient (Wildman–Crippen LogP) is 1.50. The summed E-state index contributed by atoms with van der Waals surface area (Å²) in [6.07, 6.45) is -2.49. The van der Waals surface area contributed by atoms with E-state index in [0.29, 0.717) is 5.57 Å². The molecule has 0 aromatic carbocycles. The Morgan fingerprint density at radius 2 is 1.90 bits per heavy atom. The molecule has 2 aliphatic carbocycles. The minimum atomic E-state index is -1.31. The number of hydrogen-bond donors (Lipinski definition) is 1. The van der Waals surface area contributed by atoms with Gasteiger partial charge in [-0.05, 0) is 33.1 Å². The Morgan fingerprint density at radius 3 is 2.47 bits per heavy atom. The number of rotatable bonds is 3. The second kappa shape index (κ2) is 7.65. The van der Waals surface area contributed by atoms with Gasteiger partial charge in [-0.2, -0.15) is 0 Å². The summed E-state index contributed by atoms with van der Waals surface area (Å²) in [5.74, 6) is -4.27. The lowest BCUT2D eigenvalue weighted by Crippen LogP contribution is -2.55. The zero-order valence-electron chi connectivity index (χ0n) is 17.8. The first-order valence-electron chi connectivity index (χ1n) is 10.1. The fourth-order valence-electron chi connectivity index (χ4n) is 5.27. The molecular weight excluding hydrogens is 392 g/mol. The third-order valence-electron chi connectivity index (χ3n) is 7.03. The van der Waals surface area contributed by atoms with Gasteiger partial charge < -0.3 is 19.3 Å². The molecule has 8 heteroatoms. The number of fused-ring (bicyclic) bond motifs is 3. The monoisotopic (exact) mass is 420 g/mol. The molecule has 164 valence electrons. The van der Waals surface area contributed by atoms with Crippen LogP contribution in [0.2, 0.25) is 0 Å². The molecule has 8 atom stereocenters. The molecule has 1 saturated heterocycles. The number of hydrogen-bond acceptors (Lipinski definition) is 8. The Morgan fingerprint density at radius 1 is 1.27 bits per heavy atom. The molecule has 0 amide bonds. The Bertz CT molecular complexity index is 842. The lowest BCUT2D eigenvalue weighted by Gasteiger charge is -2.42. The minimum Gasteiger partial charge on any atom is -0.458 e. The fraction of sp³-hybridized carbons (Fsp3) is 0.636. The van der Waals surface area contributed by atoms with Gasteiger partial charge in [0.2, 0.25) is 0 Å². The van der Waals surface area contributed by atoms with Crippen molar-refractivity contribution in [2.24, 2.45) is 23.2 Å². The minimum absolute atomic E-state index is 0.0308. The van der Waals surface area contributed by atoms with Crippen molar-refractivity contribution >= 4 is 23.7 Å². The first-order chi connectivity index (χ1) is 13.9. The number of carbonyl (C=O) groups is 4. The summed E-state index contributed by atoms with van der Waals surface area (Å²) in [6, 6.07) is 0. The van der Waals surface area contributed by atoms with E-state index in [1.54, 1.807) is 33.8 Å². The molecule has 8 nitrogen and oxygen atoms in total. The fourth-order valence-corrected chi connectivity index (χ4v) is 5.27. The first-order valence-corrected chi connectivity index (χ1v) is 10.1. The highest BCUT2D eigenvalue weighted by molar-refractivity contribution is 5.95. The van der Waals surface area contributed by atoms with Gasteiger partial charge in [0.05, 0.1) is 11.3 Å². The number of esters is 3. The van der Waals surface area contributed by atoms with E-state index < -0.39 is 71.3 Å². The molecule has 0 aromatic heterocycles. The Labute approximate surface area is 175 Å². The third-order valence-corrected chi connectivity index (χ3v) is 7.03. The summed E-state index contributed by atoms with van der Waals surface area (Å²) >= 11 is 0. The lowest BCUT2D eigenvalue weighted by molar-refractivity contribution is -0.188. The second-order valence-corrected chi connectivity index (χ2v) is 8.66. The van der Waals surface area contributed by atoms with Crippen LogP contribution in [0.3, 0.4) is 0 Å². The first kappa shape index (κ1) is 22.2. The summed E-state index contributed by atoms with van der Waals surface area (Å²) in [7, 11) is 0. The molecule has 1 N–H and O–H groups in total. The van der Waals surface area contributed by atoms with Gasteiger partial charge in [0.1, 0.15) is 24.4 Å². The predicted molar refractivity (Wildman–Crippen MR) is 104 cm³/mol. The number of ketones is 1. The van der Waals surface area contributed by atoms with Crippen LogP contribution in [-0.4, -0.2) is 53.2 Å². The normalized spacial score (nSPS) is 40.9. The zero-order valence-corrected chi connectivity index (χ0v) is 17.8. The van der Waals surface area contributed by atoms with Crippen molar-refractivity contribution < 1.29 is 38.5 Å². The molecule has 30 heavy (non-hydrogen) atoms. The quantitative estimate of drug-likeness (QED) is 0.415. The second-order valence-electron chi connectivity index (χ2n) is 8.66. The number of aliphatic hydroxyl groups excluding tert-OH is 1.